The van der Waals surface area contributed by atoms with Crippen molar-refractivity contribution in [2.45, 2.75) is 38.1 Å². The molecule has 0 N–H and O–H groups in total. The summed E-state index contributed by atoms with van der Waals surface area (Å²) in [5.74, 6) is -0.192. The summed E-state index contributed by atoms with van der Waals surface area (Å²) < 4.78 is 25.3. The van der Waals surface area contributed by atoms with Crippen LogP contribution in [0.25, 0.3) is 0 Å². The predicted octanol–water partition coefficient (Wildman–Crippen LogP) is 2.90. The van der Waals surface area contributed by atoms with E-state index >= 15 is 0 Å². The van der Waals surface area contributed by atoms with Crippen molar-refractivity contribution < 1.29 is 13.2 Å². The van der Waals surface area contributed by atoms with Crippen molar-refractivity contribution in [2.24, 2.45) is 0 Å². The highest BCUT2D eigenvalue weighted by Crippen LogP contribution is 2.24. The number of rotatable bonds is 5. The normalized spacial score (nSPS) is 16.1. The van der Waals surface area contributed by atoms with Crippen molar-refractivity contribution in [2.75, 3.05) is 24.2 Å². The standard InChI is InChI=1S/C16H23ClN2O3S/c1-18(14-8-4-3-5-9-14)16(20)12-19(23(2,21)22)15-10-6-7-13(17)11-15/h6-7,10-11,14H,3-5,8-9,12H2,1-2H3. The molecule has 0 spiro atoms. The molecule has 23 heavy (non-hydrogen) atoms. The smallest absolute Gasteiger partial charge is 0.243 e. The quantitative estimate of drug-likeness (QED) is 0.813. The Balaban J connectivity index is 2.16. The van der Waals surface area contributed by atoms with Gasteiger partial charge in [0.25, 0.3) is 0 Å². The monoisotopic (exact) mass is 358 g/mol. The predicted molar refractivity (Wildman–Crippen MR) is 93.3 cm³/mol. The van der Waals surface area contributed by atoms with Gasteiger partial charge in [0, 0.05) is 18.1 Å². The zero-order valence-corrected chi connectivity index (χ0v) is 15.1. The number of carbonyl (C=O) groups is 1. The lowest BCUT2D eigenvalue weighted by Gasteiger charge is -2.33. The number of sulfonamides is 1. The molecule has 0 bridgehead atoms. The number of anilines is 1. The van der Waals surface area contributed by atoms with Crippen LogP contribution in [0.2, 0.25) is 5.02 Å². The topological polar surface area (TPSA) is 57.7 Å². The number of hydrogen-bond acceptors (Lipinski definition) is 3. The molecule has 0 aliphatic heterocycles. The molecule has 5 nitrogen and oxygen atoms in total. The lowest BCUT2D eigenvalue weighted by atomic mass is 9.94. The van der Waals surface area contributed by atoms with Crippen LogP contribution in [0.4, 0.5) is 5.69 Å². The Morgan fingerprint density at radius 1 is 1.26 bits per heavy atom. The third kappa shape index (κ3) is 4.85. The van der Waals surface area contributed by atoms with Crippen LogP contribution in [-0.2, 0) is 14.8 Å². The van der Waals surface area contributed by atoms with E-state index in [-0.39, 0.29) is 18.5 Å². The summed E-state index contributed by atoms with van der Waals surface area (Å²) in [7, 11) is -1.81. The maximum atomic E-state index is 12.5. The molecule has 0 unspecified atom stereocenters. The molecule has 0 radical (unpaired) electrons. The van der Waals surface area contributed by atoms with Gasteiger partial charge in [0.2, 0.25) is 15.9 Å². The van der Waals surface area contributed by atoms with Gasteiger partial charge in [-0.25, -0.2) is 8.42 Å². The lowest BCUT2D eigenvalue weighted by molar-refractivity contribution is -0.130. The van der Waals surface area contributed by atoms with Gasteiger partial charge in [-0.3, -0.25) is 9.10 Å². The Kier molecular flexibility index (Phi) is 5.92. The summed E-state index contributed by atoms with van der Waals surface area (Å²) in [6.07, 6.45) is 6.51. The minimum absolute atomic E-state index is 0.192. The molecule has 1 amide bonds. The highest BCUT2D eigenvalue weighted by atomic mass is 35.5. The lowest BCUT2D eigenvalue weighted by Crippen LogP contribution is -2.45. The van der Waals surface area contributed by atoms with E-state index in [1.807, 2.05) is 0 Å². The highest BCUT2D eigenvalue weighted by molar-refractivity contribution is 7.92. The SMILES string of the molecule is CN(C(=O)CN(c1cccc(Cl)c1)S(C)(=O)=O)C1CCCCC1. The Labute approximate surface area is 143 Å². The third-order valence-electron chi connectivity index (χ3n) is 4.29. The molecule has 0 aromatic heterocycles. The summed E-state index contributed by atoms with van der Waals surface area (Å²) in [6.45, 7) is -0.202. The van der Waals surface area contributed by atoms with Crippen LogP contribution in [0.3, 0.4) is 0 Å². The van der Waals surface area contributed by atoms with Crippen molar-refractivity contribution in [3.63, 3.8) is 0 Å². The number of carbonyl (C=O) groups excluding carboxylic acids is 1. The van der Waals surface area contributed by atoms with Gasteiger partial charge in [-0.2, -0.15) is 0 Å². The number of halogens is 1. The van der Waals surface area contributed by atoms with Crippen LogP contribution in [0, 0.1) is 0 Å². The van der Waals surface area contributed by atoms with Crippen LogP contribution in [-0.4, -0.2) is 45.1 Å². The van der Waals surface area contributed by atoms with E-state index in [2.05, 4.69) is 0 Å². The van der Waals surface area contributed by atoms with Crippen LogP contribution in [0.1, 0.15) is 32.1 Å². The van der Waals surface area contributed by atoms with Gasteiger partial charge in [-0.15, -0.1) is 0 Å². The molecular weight excluding hydrogens is 336 g/mol. The Morgan fingerprint density at radius 2 is 1.91 bits per heavy atom. The molecule has 1 fully saturated rings. The van der Waals surface area contributed by atoms with Gasteiger partial charge in [0.1, 0.15) is 6.54 Å². The zero-order valence-electron chi connectivity index (χ0n) is 13.5. The number of hydrogen-bond donors (Lipinski definition) is 0. The van der Waals surface area contributed by atoms with Crippen LogP contribution >= 0.6 is 11.6 Å². The summed E-state index contributed by atoms with van der Waals surface area (Å²) in [5.41, 5.74) is 0.408. The number of nitrogens with zero attached hydrogens (tertiary/aromatic N) is 2. The highest BCUT2D eigenvalue weighted by Gasteiger charge is 2.27. The fraction of sp³-hybridized carbons (Fsp3) is 0.562. The molecule has 0 heterocycles. The van der Waals surface area contributed by atoms with Crippen molar-refractivity contribution in [1.82, 2.24) is 4.90 Å². The van der Waals surface area contributed by atoms with Gasteiger partial charge >= 0.3 is 0 Å². The first-order chi connectivity index (χ1) is 10.8. The summed E-state index contributed by atoms with van der Waals surface area (Å²) in [5, 5.41) is 0.434. The zero-order chi connectivity index (χ0) is 17.0. The first-order valence-corrected chi connectivity index (χ1v) is 10.0. The molecule has 7 heteroatoms. The molecule has 1 aliphatic rings. The van der Waals surface area contributed by atoms with Gasteiger partial charge in [0.05, 0.1) is 11.9 Å². The average molecular weight is 359 g/mol. The third-order valence-corrected chi connectivity index (χ3v) is 5.67. The summed E-state index contributed by atoms with van der Waals surface area (Å²) in [4.78, 5) is 14.2. The van der Waals surface area contributed by atoms with Crippen molar-refractivity contribution in [3.8, 4) is 0 Å². The Hall–Kier alpha value is -1.27. The molecule has 1 saturated carbocycles. The second kappa shape index (κ2) is 7.53. The van der Waals surface area contributed by atoms with Gasteiger partial charge in [-0.05, 0) is 31.0 Å². The molecule has 1 aromatic carbocycles. The number of likely N-dealkylation sites (N-methyl/N-ethyl adjacent to an activating group) is 1. The van der Waals surface area contributed by atoms with E-state index in [1.165, 1.54) is 6.42 Å². The maximum absolute atomic E-state index is 12.5. The van der Waals surface area contributed by atoms with E-state index < -0.39 is 10.0 Å². The minimum Gasteiger partial charge on any atom is -0.341 e. The molecule has 1 aromatic rings. The fourth-order valence-electron chi connectivity index (χ4n) is 2.94. The number of benzene rings is 1. The van der Waals surface area contributed by atoms with Crippen molar-refractivity contribution in [3.05, 3.63) is 29.3 Å². The molecule has 0 atom stereocenters. The van der Waals surface area contributed by atoms with E-state index in [0.29, 0.717) is 10.7 Å². The van der Waals surface area contributed by atoms with E-state index in [4.69, 9.17) is 11.6 Å². The molecule has 1 aliphatic carbocycles. The summed E-state index contributed by atoms with van der Waals surface area (Å²) in [6, 6.07) is 6.74. The second-order valence-electron chi connectivity index (χ2n) is 6.05. The van der Waals surface area contributed by atoms with Crippen molar-refractivity contribution in [1.29, 1.82) is 0 Å². The van der Waals surface area contributed by atoms with Crippen LogP contribution < -0.4 is 4.31 Å². The van der Waals surface area contributed by atoms with Crippen LogP contribution in [0.5, 0.6) is 0 Å². The Morgan fingerprint density at radius 3 is 2.48 bits per heavy atom. The fourth-order valence-corrected chi connectivity index (χ4v) is 3.96. The van der Waals surface area contributed by atoms with Gasteiger partial charge in [0.15, 0.2) is 0 Å². The summed E-state index contributed by atoms with van der Waals surface area (Å²) >= 11 is 5.94. The minimum atomic E-state index is -3.57. The van der Waals surface area contributed by atoms with E-state index in [9.17, 15) is 13.2 Å². The van der Waals surface area contributed by atoms with Crippen molar-refractivity contribution >= 4 is 33.2 Å². The molecule has 128 valence electrons. The maximum Gasteiger partial charge on any atom is 0.243 e. The van der Waals surface area contributed by atoms with Gasteiger partial charge in [-0.1, -0.05) is 36.9 Å². The average Bonchev–Trinajstić information content (AvgIpc) is 2.51. The second-order valence-corrected chi connectivity index (χ2v) is 8.39. The number of amides is 1. The van der Waals surface area contributed by atoms with E-state index in [0.717, 1.165) is 36.2 Å². The van der Waals surface area contributed by atoms with E-state index in [1.54, 1.807) is 36.2 Å². The molecule has 0 saturated heterocycles. The molecular formula is C16H23ClN2O3S. The van der Waals surface area contributed by atoms with Crippen LogP contribution in [0.15, 0.2) is 24.3 Å². The first-order valence-electron chi connectivity index (χ1n) is 7.78. The molecule has 2 rings (SSSR count). The first kappa shape index (κ1) is 18.1. The largest absolute Gasteiger partial charge is 0.341 e. The van der Waals surface area contributed by atoms with Gasteiger partial charge < -0.3 is 4.90 Å². The Bertz CT molecular complexity index is 657.